The van der Waals surface area contributed by atoms with Crippen LogP contribution in [0.1, 0.15) is 18.2 Å². The van der Waals surface area contributed by atoms with Gasteiger partial charge in [0.2, 0.25) is 5.91 Å². The molecule has 0 atom stereocenters. The number of hydrogen-bond acceptors (Lipinski definition) is 6. The first-order chi connectivity index (χ1) is 14.6. The highest BCUT2D eigenvalue weighted by atomic mass is 32.2. The average Bonchev–Trinajstić information content (AvgIpc) is 3.17. The van der Waals surface area contributed by atoms with Crippen LogP contribution < -0.4 is 0 Å². The fourth-order valence-electron chi connectivity index (χ4n) is 3.57. The molecule has 3 aromatic rings. The Bertz CT molecular complexity index is 981. The van der Waals surface area contributed by atoms with Gasteiger partial charge in [-0.3, -0.25) is 14.7 Å². The molecule has 3 heterocycles. The molecule has 0 aliphatic carbocycles. The molecule has 1 saturated heterocycles. The number of thioether (sulfide) groups is 2. The van der Waals surface area contributed by atoms with Crippen molar-refractivity contribution in [3.8, 4) is 0 Å². The predicted octanol–water partition coefficient (Wildman–Crippen LogP) is 3.81. The summed E-state index contributed by atoms with van der Waals surface area (Å²) < 4.78 is 0. The molecule has 0 bridgehead atoms. The van der Waals surface area contributed by atoms with Crippen molar-refractivity contribution in [1.29, 1.82) is 0 Å². The summed E-state index contributed by atoms with van der Waals surface area (Å²) >= 11 is 3.58. The highest BCUT2D eigenvalue weighted by Crippen LogP contribution is 2.28. The maximum absolute atomic E-state index is 11.5. The Hall–Kier alpha value is -2.03. The van der Waals surface area contributed by atoms with Crippen molar-refractivity contribution < 1.29 is 4.79 Å². The summed E-state index contributed by atoms with van der Waals surface area (Å²) in [5.74, 6) is 2.03. The summed E-state index contributed by atoms with van der Waals surface area (Å²) in [5, 5.41) is 0.931. The molecule has 8 heteroatoms. The Morgan fingerprint density at radius 3 is 2.70 bits per heavy atom. The van der Waals surface area contributed by atoms with Crippen molar-refractivity contribution in [2.45, 2.75) is 29.7 Å². The number of carbonyl (C=O) groups is 1. The van der Waals surface area contributed by atoms with E-state index in [9.17, 15) is 4.79 Å². The monoisotopic (exact) mass is 441 g/mol. The van der Waals surface area contributed by atoms with Crippen molar-refractivity contribution in [3.05, 3.63) is 47.8 Å². The van der Waals surface area contributed by atoms with Crippen molar-refractivity contribution in [3.63, 3.8) is 0 Å². The summed E-state index contributed by atoms with van der Waals surface area (Å²) in [6, 6.07) is 10.2. The second kappa shape index (κ2) is 9.85. The number of hydrogen-bond donors (Lipinski definition) is 1. The van der Waals surface area contributed by atoms with Crippen LogP contribution in [0.5, 0.6) is 0 Å². The second-order valence-corrected chi connectivity index (χ2v) is 9.53. The van der Waals surface area contributed by atoms with Crippen LogP contribution in [0.3, 0.4) is 0 Å². The highest BCUT2D eigenvalue weighted by Gasteiger charge is 2.18. The number of nitrogens with one attached hydrogen (secondary N) is 1. The smallest absolute Gasteiger partial charge is 0.219 e. The number of piperazine rings is 1. The highest BCUT2D eigenvalue weighted by molar-refractivity contribution is 7.99. The number of carbonyl (C=O) groups excluding carboxylic acids is 1. The average molecular weight is 442 g/mol. The number of rotatable bonds is 7. The lowest BCUT2D eigenvalue weighted by molar-refractivity contribution is -0.130. The molecular weight excluding hydrogens is 414 g/mol. The lowest BCUT2D eigenvalue weighted by Gasteiger charge is -2.34. The van der Waals surface area contributed by atoms with Gasteiger partial charge in [0, 0.05) is 62.2 Å². The quantitative estimate of drug-likeness (QED) is 0.563. The maximum atomic E-state index is 11.5. The summed E-state index contributed by atoms with van der Waals surface area (Å²) in [7, 11) is 0. The number of nitrogens with zero attached hydrogens (tertiary/aromatic N) is 4. The maximum Gasteiger partial charge on any atom is 0.219 e. The number of imidazole rings is 1. The van der Waals surface area contributed by atoms with Crippen LogP contribution in [-0.4, -0.2) is 69.1 Å². The zero-order valence-electron chi connectivity index (χ0n) is 17.4. The van der Waals surface area contributed by atoms with Crippen molar-refractivity contribution in [2.24, 2.45) is 0 Å². The summed E-state index contributed by atoms with van der Waals surface area (Å²) in [6.07, 6.45) is 1.91. The third kappa shape index (κ3) is 5.17. The molecule has 1 aliphatic rings. The lowest BCUT2D eigenvalue weighted by atomic mass is 10.2. The van der Waals surface area contributed by atoms with E-state index in [1.165, 1.54) is 10.5 Å². The summed E-state index contributed by atoms with van der Waals surface area (Å²) in [6.45, 7) is 8.48. The first-order valence-electron chi connectivity index (χ1n) is 10.2. The van der Waals surface area contributed by atoms with E-state index in [-0.39, 0.29) is 5.91 Å². The van der Waals surface area contributed by atoms with E-state index < -0.39 is 0 Å². The van der Waals surface area contributed by atoms with Crippen LogP contribution in [0.2, 0.25) is 0 Å². The lowest BCUT2D eigenvalue weighted by Crippen LogP contribution is -2.48. The molecule has 0 radical (unpaired) electrons. The number of benzene rings is 1. The van der Waals surface area contributed by atoms with Crippen molar-refractivity contribution >= 4 is 40.5 Å². The van der Waals surface area contributed by atoms with E-state index in [0.717, 1.165) is 66.1 Å². The first kappa shape index (κ1) is 21.2. The van der Waals surface area contributed by atoms with E-state index in [1.807, 2.05) is 47.1 Å². The molecule has 0 saturated carbocycles. The Kier molecular flexibility index (Phi) is 6.97. The van der Waals surface area contributed by atoms with Gasteiger partial charge in [0.25, 0.3) is 0 Å². The van der Waals surface area contributed by atoms with Crippen LogP contribution in [0.4, 0.5) is 0 Å². The van der Waals surface area contributed by atoms with Crippen LogP contribution in [0, 0.1) is 6.92 Å². The molecule has 2 aromatic heterocycles. The second-order valence-electron chi connectivity index (χ2n) is 7.42. The molecule has 6 nitrogen and oxygen atoms in total. The van der Waals surface area contributed by atoms with E-state index >= 15 is 0 Å². The SMILES string of the molecule is CC(=O)N1CCN(CCSc2ccnc(CSc3nc4ccccc4[nH]3)c2C)CC1. The van der Waals surface area contributed by atoms with Crippen molar-refractivity contribution in [1.82, 2.24) is 24.8 Å². The molecule has 0 unspecified atom stereocenters. The van der Waals surface area contributed by atoms with E-state index in [0.29, 0.717) is 0 Å². The molecule has 0 spiro atoms. The zero-order valence-corrected chi connectivity index (χ0v) is 19.1. The van der Waals surface area contributed by atoms with Crippen LogP contribution in [0.25, 0.3) is 11.0 Å². The minimum absolute atomic E-state index is 0.185. The number of aromatic nitrogens is 3. The van der Waals surface area contributed by atoms with Gasteiger partial charge in [-0.15, -0.1) is 11.8 Å². The fourth-order valence-corrected chi connectivity index (χ4v) is 5.54. The van der Waals surface area contributed by atoms with Gasteiger partial charge in [-0.05, 0) is 30.7 Å². The molecule has 4 rings (SSSR count). The Morgan fingerprint density at radius 1 is 1.13 bits per heavy atom. The van der Waals surface area contributed by atoms with Crippen LogP contribution >= 0.6 is 23.5 Å². The number of aromatic amines is 1. The van der Waals surface area contributed by atoms with Crippen LogP contribution in [-0.2, 0) is 10.5 Å². The number of fused-ring (bicyclic) bond motifs is 1. The Labute approximate surface area is 185 Å². The number of para-hydroxylation sites is 2. The Morgan fingerprint density at radius 2 is 1.93 bits per heavy atom. The number of pyridine rings is 1. The molecule has 1 amide bonds. The summed E-state index contributed by atoms with van der Waals surface area (Å²) in [5.41, 5.74) is 4.43. The van der Waals surface area contributed by atoms with Gasteiger partial charge >= 0.3 is 0 Å². The molecular formula is C22H27N5OS2. The van der Waals surface area contributed by atoms with E-state index in [2.05, 4.69) is 32.8 Å². The number of amides is 1. The molecule has 1 aromatic carbocycles. The van der Waals surface area contributed by atoms with Gasteiger partial charge in [-0.1, -0.05) is 23.9 Å². The van der Waals surface area contributed by atoms with E-state index in [4.69, 9.17) is 0 Å². The van der Waals surface area contributed by atoms with Crippen LogP contribution in [0.15, 0.2) is 46.6 Å². The van der Waals surface area contributed by atoms with Gasteiger partial charge in [0.15, 0.2) is 5.16 Å². The summed E-state index contributed by atoms with van der Waals surface area (Å²) in [4.78, 5) is 29.7. The molecule has 1 fully saturated rings. The standard InChI is InChI=1S/C22H27N5OS2/c1-16-20(15-30-22-24-18-5-3-4-6-19(18)25-22)23-8-7-21(16)29-14-13-26-9-11-27(12-10-26)17(2)28/h3-8H,9-15H2,1-2H3,(H,24,25). The van der Waals surface area contributed by atoms with Gasteiger partial charge in [0.1, 0.15) is 0 Å². The molecule has 30 heavy (non-hydrogen) atoms. The first-order valence-corrected chi connectivity index (χ1v) is 12.2. The third-order valence-electron chi connectivity index (χ3n) is 5.45. The van der Waals surface area contributed by atoms with Crippen molar-refractivity contribution in [2.75, 3.05) is 38.5 Å². The molecule has 158 valence electrons. The van der Waals surface area contributed by atoms with Gasteiger partial charge in [0.05, 0.1) is 16.7 Å². The fraction of sp³-hybridized carbons (Fsp3) is 0.409. The Balaban J connectivity index is 1.29. The molecule has 1 aliphatic heterocycles. The topological polar surface area (TPSA) is 65.1 Å². The van der Waals surface area contributed by atoms with Gasteiger partial charge < -0.3 is 9.88 Å². The predicted molar refractivity (Wildman–Crippen MR) is 124 cm³/mol. The largest absolute Gasteiger partial charge is 0.340 e. The number of H-pyrrole nitrogens is 1. The minimum Gasteiger partial charge on any atom is -0.340 e. The van der Waals surface area contributed by atoms with Gasteiger partial charge in [-0.2, -0.15) is 0 Å². The third-order valence-corrected chi connectivity index (χ3v) is 7.48. The van der Waals surface area contributed by atoms with E-state index in [1.54, 1.807) is 18.7 Å². The zero-order chi connectivity index (χ0) is 20.9. The normalized spacial score (nSPS) is 15.1. The molecule has 1 N–H and O–H groups in total. The van der Waals surface area contributed by atoms with Gasteiger partial charge in [-0.25, -0.2) is 4.98 Å². The minimum atomic E-state index is 0.185.